The highest BCUT2D eigenvalue weighted by Gasteiger charge is 2.30. The highest BCUT2D eigenvalue weighted by molar-refractivity contribution is 9.10. The summed E-state index contributed by atoms with van der Waals surface area (Å²) in [4.78, 5) is 28.4. The van der Waals surface area contributed by atoms with Gasteiger partial charge >= 0.3 is 0 Å². The molecule has 2 amide bonds. The van der Waals surface area contributed by atoms with Crippen LogP contribution >= 0.6 is 27.7 Å². The van der Waals surface area contributed by atoms with E-state index in [2.05, 4.69) is 46.4 Å². The third kappa shape index (κ3) is 8.03. The van der Waals surface area contributed by atoms with Crippen molar-refractivity contribution in [1.29, 1.82) is 0 Å². The lowest BCUT2D eigenvalue weighted by Crippen LogP contribution is -2.51. The highest BCUT2D eigenvalue weighted by atomic mass is 79.9. The first-order chi connectivity index (χ1) is 16.5. The fourth-order valence-corrected chi connectivity index (χ4v) is 5.12. The Bertz CT molecular complexity index is 1090. The average molecular weight is 540 g/mol. The molecule has 0 unspecified atom stereocenters. The Kier molecular flexibility index (Phi) is 10.2. The number of carbonyl (C=O) groups excluding carboxylic acids is 2. The molecule has 0 bridgehead atoms. The Labute approximate surface area is 215 Å². The van der Waals surface area contributed by atoms with Crippen LogP contribution < -0.4 is 5.32 Å². The lowest BCUT2D eigenvalue weighted by atomic mass is 10.0. The second kappa shape index (κ2) is 13.4. The molecular formula is C28H31BrN2O2S. The molecule has 0 saturated heterocycles. The van der Waals surface area contributed by atoms with Crippen LogP contribution in [0.4, 0.5) is 0 Å². The number of likely N-dealkylation sites (N-methyl/N-ethyl adjacent to an activating group) is 1. The van der Waals surface area contributed by atoms with Gasteiger partial charge in [0.1, 0.15) is 6.04 Å². The van der Waals surface area contributed by atoms with Crippen LogP contribution in [0, 0.1) is 6.92 Å². The molecule has 34 heavy (non-hydrogen) atoms. The predicted molar refractivity (Wildman–Crippen MR) is 145 cm³/mol. The van der Waals surface area contributed by atoms with Gasteiger partial charge in [0.25, 0.3) is 0 Å². The predicted octanol–water partition coefficient (Wildman–Crippen LogP) is 5.77. The summed E-state index contributed by atoms with van der Waals surface area (Å²) in [6.45, 7) is 4.86. The van der Waals surface area contributed by atoms with E-state index in [1.54, 1.807) is 16.7 Å². The van der Waals surface area contributed by atoms with E-state index in [4.69, 9.17) is 0 Å². The number of rotatable bonds is 11. The molecule has 0 aliphatic carbocycles. The van der Waals surface area contributed by atoms with E-state index in [9.17, 15) is 9.59 Å². The van der Waals surface area contributed by atoms with Crippen LogP contribution in [0.15, 0.2) is 83.3 Å². The van der Waals surface area contributed by atoms with E-state index >= 15 is 0 Å². The van der Waals surface area contributed by atoms with E-state index in [1.807, 2.05) is 67.6 Å². The molecule has 4 nitrogen and oxygen atoms in total. The lowest BCUT2D eigenvalue weighted by Gasteiger charge is -2.31. The molecule has 0 saturated carbocycles. The number of carbonyl (C=O) groups is 2. The molecular weight excluding hydrogens is 508 g/mol. The molecule has 3 aromatic rings. The maximum absolute atomic E-state index is 13.5. The number of aryl methyl sites for hydroxylation is 1. The summed E-state index contributed by atoms with van der Waals surface area (Å²) >= 11 is 5.10. The Hall–Kier alpha value is -2.57. The second-order valence-electron chi connectivity index (χ2n) is 8.23. The number of benzene rings is 3. The highest BCUT2D eigenvalue weighted by Crippen LogP contribution is 2.20. The molecule has 0 spiro atoms. The molecule has 1 N–H and O–H groups in total. The number of thioether (sulfide) groups is 1. The van der Waals surface area contributed by atoms with Gasteiger partial charge in [-0.25, -0.2) is 0 Å². The third-order valence-electron chi connectivity index (χ3n) is 5.44. The van der Waals surface area contributed by atoms with Crippen molar-refractivity contribution in [3.8, 4) is 0 Å². The monoisotopic (exact) mass is 538 g/mol. The molecule has 0 heterocycles. The zero-order valence-electron chi connectivity index (χ0n) is 19.7. The number of amides is 2. The van der Waals surface area contributed by atoms with Crippen molar-refractivity contribution in [2.45, 2.75) is 38.6 Å². The number of nitrogens with zero attached hydrogens (tertiary/aromatic N) is 1. The van der Waals surface area contributed by atoms with Gasteiger partial charge in [0.15, 0.2) is 0 Å². The summed E-state index contributed by atoms with van der Waals surface area (Å²) in [5.41, 5.74) is 4.41. The molecule has 3 rings (SSSR count). The number of halogens is 1. The Morgan fingerprint density at radius 2 is 1.65 bits per heavy atom. The Balaban J connectivity index is 1.82. The largest absolute Gasteiger partial charge is 0.355 e. The number of nitrogens with one attached hydrogen (secondary N) is 1. The van der Waals surface area contributed by atoms with Gasteiger partial charge in [-0.15, -0.1) is 11.8 Å². The molecule has 0 aliphatic rings. The normalized spacial score (nSPS) is 11.6. The van der Waals surface area contributed by atoms with Crippen LogP contribution in [0.5, 0.6) is 0 Å². The summed E-state index contributed by atoms with van der Waals surface area (Å²) in [6, 6.07) is 25.5. The summed E-state index contributed by atoms with van der Waals surface area (Å²) in [5.74, 6) is 0.901. The quantitative estimate of drug-likeness (QED) is 0.337. The summed E-state index contributed by atoms with van der Waals surface area (Å²) in [7, 11) is 0. The second-order valence-corrected chi connectivity index (χ2v) is 10.1. The Morgan fingerprint density at radius 1 is 0.941 bits per heavy atom. The number of hydrogen-bond donors (Lipinski definition) is 1. The smallest absolute Gasteiger partial charge is 0.243 e. The topological polar surface area (TPSA) is 49.4 Å². The van der Waals surface area contributed by atoms with Gasteiger partial charge in [-0.1, -0.05) is 88.2 Å². The van der Waals surface area contributed by atoms with Crippen LogP contribution in [0.1, 0.15) is 29.2 Å². The van der Waals surface area contributed by atoms with Gasteiger partial charge in [0.2, 0.25) is 11.8 Å². The Morgan fingerprint density at radius 3 is 2.35 bits per heavy atom. The molecule has 1 atom stereocenters. The first-order valence-corrected chi connectivity index (χ1v) is 13.4. The van der Waals surface area contributed by atoms with Crippen LogP contribution in [-0.4, -0.2) is 35.1 Å². The minimum atomic E-state index is -0.589. The van der Waals surface area contributed by atoms with Crippen molar-refractivity contribution in [3.63, 3.8) is 0 Å². The molecule has 0 aromatic heterocycles. The first-order valence-electron chi connectivity index (χ1n) is 11.4. The summed E-state index contributed by atoms with van der Waals surface area (Å²) in [5, 5.41) is 2.94. The minimum Gasteiger partial charge on any atom is -0.355 e. The lowest BCUT2D eigenvalue weighted by molar-refractivity contribution is -0.139. The minimum absolute atomic E-state index is 0.0372. The standard InChI is InChI=1S/C28H31BrN2O2S/c1-3-30-28(33)26(17-22-10-5-4-6-11-22)31(18-23-12-8-14-25(29)16-23)27(32)20-34-19-24-13-7-9-21(2)15-24/h4-16,26H,3,17-20H2,1-2H3,(H,30,33)/t26-/m1/s1. The zero-order chi connectivity index (χ0) is 24.3. The summed E-state index contributed by atoms with van der Waals surface area (Å²) in [6.07, 6.45) is 0.467. The molecule has 6 heteroatoms. The van der Waals surface area contributed by atoms with E-state index in [0.717, 1.165) is 21.4 Å². The SMILES string of the molecule is CCNC(=O)[C@@H](Cc1ccccc1)N(Cc1cccc(Br)c1)C(=O)CSCc1cccc(C)c1. The van der Waals surface area contributed by atoms with Gasteiger partial charge in [-0.3, -0.25) is 9.59 Å². The fourth-order valence-electron chi connectivity index (χ4n) is 3.82. The van der Waals surface area contributed by atoms with Crippen LogP contribution in [0.3, 0.4) is 0 Å². The van der Waals surface area contributed by atoms with E-state index in [0.29, 0.717) is 25.3 Å². The first kappa shape index (κ1) is 26.0. The van der Waals surface area contributed by atoms with E-state index < -0.39 is 6.04 Å². The van der Waals surface area contributed by atoms with Crippen molar-refractivity contribution in [3.05, 3.63) is 106 Å². The van der Waals surface area contributed by atoms with E-state index in [-0.39, 0.29) is 11.8 Å². The molecule has 178 valence electrons. The number of hydrogen-bond acceptors (Lipinski definition) is 3. The average Bonchev–Trinajstić information content (AvgIpc) is 2.82. The van der Waals surface area contributed by atoms with Gasteiger partial charge in [0.05, 0.1) is 5.75 Å². The van der Waals surface area contributed by atoms with Gasteiger partial charge in [-0.2, -0.15) is 0 Å². The van der Waals surface area contributed by atoms with Crippen molar-refractivity contribution in [2.24, 2.45) is 0 Å². The fraction of sp³-hybridized carbons (Fsp3) is 0.286. The maximum atomic E-state index is 13.5. The van der Waals surface area contributed by atoms with Gasteiger partial charge in [-0.05, 0) is 42.7 Å². The van der Waals surface area contributed by atoms with Crippen LogP contribution in [0.25, 0.3) is 0 Å². The molecule has 3 aromatic carbocycles. The van der Waals surface area contributed by atoms with Gasteiger partial charge in [0, 0.05) is 29.7 Å². The zero-order valence-corrected chi connectivity index (χ0v) is 22.1. The van der Waals surface area contributed by atoms with E-state index in [1.165, 1.54) is 11.1 Å². The van der Waals surface area contributed by atoms with Gasteiger partial charge < -0.3 is 10.2 Å². The molecule has 0 fully saturated rings. The maximum Gasteiger partial charge on any atom is 0.243 e. The van der Waals surface area contributed by atoms with Crippen LogP contribution in [0.2, 0.25) is 0 Å². The van der Waals surface area contributed by atoms with Crippen molar-refractivity contribution >= 4 is 39.5 Å². The van der Waals surface area contributed by atoms with Crippen LogP contribution in [-0.2, 0) is 28.3 Å². The molecule has 0 radical (unpaired) electrons. The van der Waals surface area contributed by atoms with Crippen molar-refractivity contribution in [1.82, 2.24) is 10.2 Å². The summed E-state index contributed by atoms with van der Waals surface area (Å²) < 4.78 is 0.948. The van der Waals surface area contributed by atoms with Crippen molar-refractivity contribution < 1.29 is 9.59 Å². The molecule has 0 aliphatic heterocycles. The third-order valence-corrected chi connectivity index (χ3v) is 6.92. The van der Waals surface area contributed by atoms with Crippen molar-refractivity contribution in [2.75, 3.05) is 12.3 Å².